The molecule has 1 aliphatic rings. The molecule has 0 aliphatic carbocycles. The Hall–Kier alpha value is -5.19. The monoisotopic (exact) mass is 690 g/mol. The van der Waals surface area contributed by atoms with Gasteiger partial charge in [-0.25, -0.2) is 4.79 Å². The third-order valence-corrected chi connectivity index (χ3v) is 8.91. The summed E-state index contributed by atoms with van der Waals surface area (Å²) in [6.45, 7) is 9.16. The van der Waals surface area contributed by atoms with Crippen LogP contribution in [0.15, 0.2) is 63.6 Å². The lowest BCUT2D eigenvalue weighted by molar-refractivity contribution is -0.127. The Morgan fingerprint density at radius 1 is 1.06 bits per heavy atom. The third-order valence-electron chi connectivity index (χ3n) is 7.82. The van der Waals surface area contributed by atoms with Crippen LogP contribution in [0.5, 0.6) is 5.75 Å². The molecule has 1 aliphatic heterocycles. The Morgan fingerprint density at radius 3 is 2.29 bits per heavy atom. The number of nitrogens with zero attached hydrogens (tertiary/aromatic N) is 5. The van der Waals surface area contributed by atoms with Crippen molar-refractivity contribution in [2.75, 3.05) is 35.9 Å². The maximum Gasteiger partial charge on any atom is 0.351 e. The number of nitrogens with one attached hydrogen (secondary N) is 3. The molecule has 2 heterocycles. The number of Topliss-reactive ketones (excluding diaryl/α,β-unsaturated/α-hetero) is 1. The number of para-hydroxylation sites is 2. The van der Waals surface area contributed by atoms with Gasteiger partial charge in [-0.2, -0.15) is 23.5 Å². The first-order valence-electron chi connectivity index (χ1n) is 15.3. The van der Waals surface area contributed by atoms with E-state index in [1.165, 1.54) is 11.8 Å². The van der Waals surface area contributed by atoms with Crippen molar-refractivity contribution in [3.05, 3.63) is 92.4 Å². The number of carbonyl (C=O) groups is 1. The predicted molar refractivity (Wildman–Crippen MR) is 185 cm³/mol. The molecule has 2 unspecified atom stereocenters. The third kappa shape index (κ3) is 8.65. The molecule has 4 aromatic rings. The van der Waals surface area contributed by atoms with Gasteiger partial charge in [0.05, 0.1) is 25.0 Å². The minimum absolute atomic E-state index is 0.00610. The first-order valence-corrected chi connectivity index (χ1v) is 16.8. The number of aromatic nitrogens is 3. The van der Waals surface area contributed by atoms with E-state index in [2.05, 4.69) is 35.8 Å². The van der Waals surface area contributed by atoms with Gasteiger partial charge in [-0.15, -0.1) is 5.11 Å². The first-order chi connectivity index (χ1) is 23.2. The van der Waals surface area contributed by atoms with E-state index >= 15 is 0 Å². The van der Waals surface area contributed by atoms with Crippen molar-refractivity contribution < 1.29 is 27.2 Å². The molecule has 3 aromatic carbocycles. The van der Waals surface area contributed by atoms with Crippen molar-refractivity contribution in [3.8, 4) is 5.75 Å². The summed E-state index contributed by atoms with van der Waals surface area (Å²) in [4.78, 5) is 36.2. The molecule has 258 valence electrons. The number of hydrogen-bond acceptors (Lipinski definition) is 13. The zero-order chi connectivity index (χ0) is 35.5. The molecule has 5 rings (SSSR count). The van der Waals surface area contributed by atoms with E-state index in [-0.39, 0.29) is 31.0 Å². The number of benzene rings is 3. The highest BCUT2D eigenvalue weighted by Crippen LogP contribution is 2.31. The zero-order valence-corrected chi connectivity index (χ0v) is 28.8. The van der Waals surface area contributed by atoms with Crippen molar-refractivity contribution in [1.29, 1.82) is 0 Å². The van der Waals surface area contributed by atoms with Crippen LogP contribution in [-0.2, 0) is 26.1 Å². The second-order valence-corrected chi connectivity index (χ2v) is 13.3. The van der Waals surface area contributed by atoms with Crippen LogP contribution in [0.4, 0.5) is 29.0 Å². The first kappa shape index (κ1) is 35.1. The smallest absolute Gasteiger partial charge is 0.351 e. The molecule has 1 fully saturated rings. The number of methoxy groups -OCH3 is 1. The Balaban J connectivity index is 1.26. The lowest BCUT2D eigenvalue weighted by Gasteiger charge is -2.16. The Labute approximate surface area is 283 Å². The summed E-state index contributed by atoms with van der Waals surface area (Å²) in [5.74, 6) is 0.368. The number of ether oxygens (including phenoxy) is 2. The van der Waals surface area contributed by atoms with Gasteiger partial charge in [0, 0.05) is 5.69 Å². The lowest BCUT2D eigenvalue weighted by Crippen LogP contribution is -2.22. The van der Waals surface area contributed by atoms with E-state index in [0.717, 1.165) is 44.8 Å². The molecule has 16 heteroatoms. The molecule has 0 saturated carbocycles. The molecule has 0 amide bonds. The average molecular weight is 691 g/mol. The van der Waals surface area contributed by atoms with Crippen molar-refractivity contribution in [2.24, 2.45) is 10.2 Å². The molecule has 15 nitrogen and oxygen atoms in total. The average Bonchev–Trinajstić information content (AvgIpc) is 3.84. The minimum Gasteiger partial charge on any atom is -0.495 e. The highest BCUT2D eigenvalue weighted by Gasteiger charge is 2.46. The lowest BCUT2D eigenvalue weighted by atomic mass is 9.96. The fourth-order valence-corrected chi connectivity index (χ4v) is 6.26. The summed E-state index contributed by atoms with van der Waals surface area (Å²) in [7, 11) is -2.73. The van der Waals surface area contributed by atoms with Crippen LogP contribution in [0.25, 0.3) is 0 Å². The van der Waals surface area contributed by atoms with Gasteiger partial charge in [-0.3, -0.25) is 14.3 Å². The van der Waals surface area contributed by atoms with Gasteiger partial charge in [0.2, 0.25) is 18.1 Å². The van der Waals surface area contributed by atoms with Crippen LogP contribution < -0.4 is 26.0 Å². The number of aryl methyl sites for hydroxylation is 4. The van der Waals surface area contributed by atoms with Crippen LogP contribution in [0, 0.1) is 27.7 Å². The van der Waals surface area contributed by atoms with Crippen molar-refractivity contribution >= 4 is 44.9 Å². The van der Waals surface area contributed by atoms with Crippen LogP contribution >= 0.6 is 0 Å². The van der Waals surface area contributed by atoms with Crippen LogP contribution in [0.1, 0.15) is 40.3 Å². The molecule has 0 radical (unpaired) electrons. The number of hydrogen-bond donors (Lipinski definition) is 4. The van der Waals surface area contributed by atoms with E-state index < -0.39 is 27.4 Å². The summed E-state index contributed by atoms with van der Waals surface area (Å²) in [6, 6.07) is 15.5. The SMILES string of the molecule is COc1ccccc1NCOC(N=Nc1c(C)cc(Cc2cc(C)c(Nc3nc(N4CC4S(=O)(=O)O)nc(=O)[nH]3)c(C)c2)cc1C)C(C)=O. The Bertz CT molecular complexity index is 2040. The van der Waals surface area contributed by atoms with Gasteiger partial charge < -0.3 is 25.0 Å². The normalized spacial score (nSPS) is 14.9. The number of azo groups is 1. The van der Waals surface area contributed by atoms with Gasteiger partial charge >= 0.3 is 5.69 Å². The molecule has 2 atom stereocenters. The van der Waals surface area contributed by atoms with Gasteiger partial charge in [-0.05, 0) is 86.6 Å². The largest absolute Gasteiger partial charge is 0.495 e. The number of H-pyrrole nitrogens is 1. The topological polar surface area (TPSA) is 200 Å². The predicted octanol–water partition coefficient (Wildman–Crippen LogP) is 4.86. The molecule has 1 saturated heterocycles. The second-order valence-electron chi connectivity index (χ2n) is 11.8. The van der Waals surface area contributed by atoms with Gasteiger partial charge in [0.15, 0.2) is 11.2 Å². The summed E-state index contributed by atoms with van der Waals surface area (Å²) < 4.78 is 43.2. The van der Waals surface area contributed by atoms with Crippen molar-refractivity contribution in [1.82, 2.24) is 15.0 Å². The van der Waals surface area contributed by atoms with E-state index in [9.17, 15) is 22.6 Å². The molecular formula is C33H38N8O7S. The number of carbonyl (C=O) groups excluding carboxylic acids is 1. The second kappa shape index (κ2) is 14.5. The summed E-state index contributed by atoms with van der Waals surface area (Å²) in [6.07, 6.45) is -0.444. The van der Waals surface area contributed by atoms with Crippen LogP contribution in [0.3, 0.4) is 0 Å². The Kier molecular flexibility index (Phi) is 10.4. The fourth-order valence-electron chi connectivity index (χ4n) is 5.49. The fraction of sp³-hybridized carbons (Fsp3) is 0.333. The minimum atomic E-state index is -4.31. The highest BCUT2D eigenvalue weighted by molar-refractivity contribution is 7.86. The summed E-state index contributed by atoms with van der Waals surface area (Å²) in [5, 5.41) is 13.6. The van der Waals surface area contributed by atoms with Gasteiger partial charge in [0.1, 0.15) is 12.5 Å². The van der Waals surface area contributed by atoms with Gasteiger partial charge in [0.25, 0.3) is 10.1 Å². The van der Waals surface area contributed by atoms with E-state index in [1.54, 1.807) is 7.11 Å². The van der Waals surface area contributed by atoms with E-state index in [1.807, 2.05) is 76.2 Å². The molecule has 0 bridgehead atoms. The maximum absolute atomic E-state index is 12.3. The number of ketones is 1. The molecule has 1 aromatic heterocycles. The summed E-state index contributed by atoms with van der Waals surface area (Å²) in [5.41, 5.74) is 7.10. The zero-order valence-electron chi connectivity index (χ0n) is 27.9. The standard InChI is InChI=1S/C33H38N8O7S/c1-18-11-23(12-19(2)28(18)35-31-36-32(38-33(43)37-31)41-16-27(41)49(44,45)46)15-24-13-20(3)29(21(4)14-24)39-40-30(22(5)42)48-17-34-25-9-7-8-10-26(25)47-6/h7-14,27,30,34H,15-17H2,1-6H3,(H,44,45,46)(H2,35,36,37,38,43). The maximum atomic E-state index is 12.3. The number of rotatable bonds is 14. The van der Waals surface area contributed by atoms with Crippen molar-refractivity contribution in [3.63, 3.8) is 0 Å². The van der Waals surface area contributed by atoms with E-state index in [4.69, 9.17) is 9.47 Å². The molecular weight excluding hydrogens is 652 g/mol. The van der Waals surface area contributed by atoms with Gasteiger partial charge in [-0.1, -0.05) is 36.4 Å². The molecule has 49 heavy (non-hydrogen) atoms. The van der Waals surface area contributed by atoms with Crippen LogP contribution in [0.2, 0.25) is 0 Å². The van der Waals surface area contributed by atoms with E-state index in [0.29, 0.717) is 17.9 Å². The molecule has 0 spiro atoms. The number of aromatic amines is 1. The number of anilines is 4. The van der Waals surface area contributed by atoms with Crippen LogP contribution in [-0.4, -0.2) is 65.7 Å². The van der Waals surface area contributed by atoms with Crippen molar-refractivity contribution in [2.45, 2.75) is 52.6 Å². The highest BCUT2D eigenvalue weighted by atomic mass is 32.2. The quantitative estimate of drug-likeness (QED) is 0.0607. The summed E-state index contributed by atoms with van der Waals surface area (Å²) >= 11 is 0. The molecule has 4 N–H and O–H groups in total. The Morgan fingerprint density at radius 2 is 1.69 bits per heavy atom.